The zero-order valence-corrected chi connectivity index (χ0v) is 17.6. The van der Waals surface area contributed by atoms with E-state index in [4.69, 9.17) is 11.6 Å². The van der Waals surface area contributed by atoms with Crippen molar-refractivity contribution in [1.29, 1.82) is 0 Å². The van der Waals surface area contributed by atoms with E-state index in [0.29, 0.717) is 16.3 Å². The molecular formula is C21H17ClF3N5O2. The van der Waals surface area contributed by atoms with Gasteiger partial charge in [0.25, 0.3) is 11.8 Å². The molecule has 0 N–H and O–H groups in total. The van der Waals surface area contributed by atoms with Crippen molar-refractivity contribution in [2.45, 2.75) is 18.4 Å². The third-order valence-electron chi connectivity index (χ3n) is 6.00. The van der Waals surface area contributed by atoms with Crippen molar-refractivity contribution in [3.63, 3.8) is 0 Å². The first kappa shape index (κ1) is 20.6. The predicted molar refractivity (Wildman–Crippen MR) is 108 cm³/mol. The number of hydrogen-bond donors (Lipinski definition) is 0. The lowest BCUT2D eigenvalue weighted by Crippen LogP contribution is -2.60. The van der Waals surface area contributed by atoms with Crippen LogP contribution in [-0.4, -0.2) is 49.1 Å². The lowest BCUT2D eigenvalue weighted by molar-refractivity contribution is -0.142. The quantitative estimate of drug-likeness (QED) is 0.585. The molecule has 166 valence electrons. The molecule has 2 amide bonds. The number of fused-ring (bicyclic) bond motifs is 2. The number of aryl methyl sites for hydroxylation is 1. The normalized spacial score (nSPS) is 20.5. The largest absolute Gasteiger partial charge is 0.435 e. The summed E-state index contributed by atoms with van der Waals surface area (Å²) < 4.78 is 43.5. The maximum Gasteiger partial charge on any atom is 0.435 e. The molecule has 5 rings (SSSR count). The van der Waals surface area contributed by atoms with Gasteiger partial charge in [0.2, 0.25) is 0 Å². The van der Waals surface area contributed by atoms with Crippen LogP contribution < -0.4 is 0 Å². The molecule has 11 heteroatoms. The van der Waals surface area contributed by atoms with Crippen LogP contribution in [0.4, 0.5) is 13.2 Å². The SMILES string of the molecule is Cn1cc(C(=O)N2CCN3C(=O)c4cccn4CC23c2ccc(Cl)cc2)c(C(F)(F)F)n1. The minimum atomic E-state index is -4.80. The first-order valence-corrected chi connectivity index (χ1v) is 10.2. The Morgan fingerprint density at radius 2 is 1.88 bits per heavy atom. The number of amides is 2. The van der Waals surface area contributed by atoms with Crippen molar-refractivity contribution in [2.75, 3.05) is 13.1 Å². The van der Waals surface area contributed by atoms with E-state index in [1.165, 1.54) is 11.9 Å². The van der Waals surface area contributed by atoms with Gasteiger partial charge in [0.15, 0.2) is 11.4 Å². The Labute approximate surface area is 185 Å². The number of nitrogens with zero attached hydrogens (tertiary/aromatic N) is 5. The van der Waals surface area contributed by atoms with Gasteiger partial charge in [-0.1, -0.05) is 23.7 Å². The summed E-state index contributed by atoms with van der Waals surface area (Å²) in [4.78, 5) is 29.8. The van der Waals surface area contributed by atoms with Gasteiger partial charge < -0.3 is 14.4 Å². The van der Waals surface area contributed by atoms with E-state index in [-0.39, 0.29) is 25.5 Å². The number of rotatable bonds is 2. The average molecular weight is 464 g/mol. The van der Waals surface area contributed by atoms with Gasteiger partial charge in [-0.25, -0.2) is 0 Å². The smallest absolute Gasteiger partial charge is 0.339 e. The molecule has 2 aromatic heterocycles. The molecule has 1 aromatic carbocycles. The molecule has 3 aromatic rings. The number of benzene rings is 1. The maximum absolute atomic E-state index is 13.6. The molecule has 2 aliphatic heterocycles. The van der Waals surface area contributed by atoms with E-state index >= 15 is 0 Å². The Kier molecular flexibility index (Phi) is 4.42. The summed E-state index contributed by atoms with van der Waals surface area (Å²) in [5.74, 6) is -1.14. The first-order valence-electron chi connectivity index (χ1n) is 9.79. The highest BCUT2D eigenvalue weighted by atomic mass is 35.5. The van der Waals surface area contributed by atoms with Crippen LogP contribution in [0, 0.1) is 0 Å². The van der Waals surface area contributed by atoms with Crippen molar-refractivity contribution in [1.82, 2.24) is 24.1 Å². The zero-order valence-electron chi connectivity index (χ0n) is 16.8. The molecule has 1 unspecified atom stereocenters. The van der Waals surface area contributed by atoms with E-state index in [1.807, 2.05) is 0 Å². The summed E-state index contributed by atoms with van der Waals surface area (Å²) in [5, 5.41) is 3.93. The number of carbonyl (C=O) groups excluding carboxylic acids is 2. The van der Waals surface area contributed by atoms with Crippen molar-refractivity contribution >= 4 is 23.4 Å². The molecule has 4 heterocycles. The van der Waals surface area contributed by atoms with Crippen LogP contribution in [0.3, 0.4) is 0 Å². The van der Waals surface area contributed by atoms with Crippen molar-refractivity contribution in [3.8, 4) is 0 Å². The number of halogens is 4. The standard InChI is InChI=1S/C21H17ClF3N5O2/c1-27-11-15(17(26-27)21(23,24)25)18(31)29-9-10-30-19(32)16-3-2-8-28(16)12-20(29,30)13-4-6-14(22)7-5-13/h2-8,11H,9-10,12H2,1H3. The van der Waals surface area contributed by atoms with Crippen LogP contribution in [0.2, 0.25) is 5.02 Å². The van der Waals surface area contributed by atoms with Gasteiger partial charge in [-0.15, -0.1) is 0 Å². The van der Waals surface area contributed by atoms with Crippen LogP contribution in [-0.2, 0) is 25.4 Å². The van der Waals surface area contributed by atoms with Gasteiger partial charge in [0.05, 0.1) is 12.1 Å². The van der Waals surface area contributed by atoms with Crippen molar-refractivity contribution < 1.29 is 22.8 Å². The Bertz CT molecular complexity index is 1230. The number of hydrogen-bond acceptors (Lipinski definition) is 3. The van der Waals surface area contributed by atoms with Gasteiger partial charge in [0, 0.05) is 43.1 Å². The molecule has 0 bridgehead atoms. The molecule has 0 radical (unpaired) electrons. The highest BCUT2D eigenvalue weighted by Crippen LogP contribution is 2.44. The fourth-order valence-corrected chi connectivity index (χ4v) is 4.79. The second-order valence-corrected chi connectivity index (χ2v) is 8.26. The second-order valence-electron chi connectivity index (χ2n) is 7.82. The first-order chi connectivity index (χ1) is 15.1. The topological polar surface area (TPSA) is 63.4 Å². The summed E-state index contributed by atoms with van der Waals surface area (Å²) in [6.45, 7) is 0.431. The Balaban J connectivity index is 1.69. The van der Waals surface area contributed by atoms with Crippen LogP contribution in [0.15, 0.2) is 48.8 Å². The number of aromatic nitrogens is 3. The van der Waals surface area contributed by atoms with E-state index in [2.05, 4.69) is 5.10 Å². The maximum atomic E-state index is 13.6. The van der Waals surface area contributed by atoms with E-state index in [9.17, 15) is 22.8 Å². The minimum absolute atomic E-state index is 0.0736. The van der Waals surface area contributed by atoms with Gasteiger partial charge >= 0.3 is 6.18 Å². The van der Waals surface area contributed by atoms with E-state index in [1.54, 1.807) is 52.1 Å². The molecule has 0 spiro atoms. The highest BCUT2D eigenvalue weighted by Gasteiger charge is 2.57. The minimum Gasteiger partial charge on any atom is -0.339 e. The monoisotopic (exact) mass is 463 g/mol. The molecule has 1 fully saturated rings. The molecule has 1 saturated heterocycles. The summed E-state index contributed by atoms with van der Waals surface area (Å²) in [6.07, 6.45) is -2.02. The lowest BCUT2D eigenvalue weighted by Gasteiger charge is -2.47. The number of carbonyl (C=O) groups is 2. The predicted octanol–water partition coefficient (Wildman–Crippen LogP) is 3.36. The van der Waals surface area contributed by atoms with Crippen LogP contribution in [0.1, 0.15) is 32.1 Å². The fourth-order valence-electron chi connectivity index (χ4n) is 4.67. The van der Waals surface area contributed by atoms with Crippen molar-refractivity contribution in [2.24, 2.45) is 7.05 Å². The lowest BCUT2D eigenvalue weighted by atomic mass is 9.93. The second kappa shape index (κ2) is 6.86. The molecule has 2 aliphatic rings. The summed E-state index contributed by atoms with van der Waals surface area (Å²) >= 11 is 6.05. The Morgan fingerprint density at radius 1 is 1.16 bits per heavy atom. The average Bonchev–Trinajstić information content (AvgIpc) is 3.45. The molecule has 1 atom stereocenters. The fraction of sp³-hybridized carbons (Fsp3) is 0.286. The number of alkyl halides is 3. The van der Waals surface area contributed by atoms with E-state index < -0.39 is 29.0 Å². The van der Waals surface area contributed by atoms with Gasteiger partial charge in [-0.3, -0.25) is 14.3 Å². The summed E-state index contributed by atoms with van der Waals surface area (Å²) in [7, 11) is 1.33. The van der Waals surface area contributed by atoms with Crippen molar-refractivity contribution in [3.05, 3.63) is 76.3 Å². The molecular weight excluding hydrogens is 447 g/mol. The van der Waals surface area contributed by atoms with E-state index in [0.717, 1.165) is 10.9 Å². The third kappa shape index (κ3) is 2.85. The molecule has 0 saturated carbocycles. The Hall–Kier alpha value is -3.27. The van der Waals surface area contributed by atoms with Crippen LogP contribution >= 0.6 is 11.6 Å². The van der Waals surface area contributed by atoms with Crippen LogP contribution in [0.25, 0.3) is 0 Å². The zero-order chi connectivity index (χ0) is 22.8. The molecule has 7 nitrogen and oxygen atoms in total. The third-order valence-corrected chi connectivity index (χ3v) is 6.26. The van der Waals surface area contributed by atoms with Gasteiger partial charge in [-0.2, -0.15) is 18.3 Å². The summed E-state index contributed by atoms with van der Waals surface area (Å²) in [5.41, 5.74) is -2.07. The Morgan fingerprint density at radius 3 is 2.56 bits per heavy atom. The summed E-state index contributed by atoms with van der Waals surface area (Å²) in [6, 6.07) is 10.0. The molecule has 0 aliphatic carbocycles. The van der Waals surface area contributed by atoms with Gasteiger partial charge in [0.1, 0.15) is 5.69 Å². The highest BCUT2D eigenvalue weighted by molar-refractivity contribution is 6.30. The molecule has 32 heavy (non-hydrogen) atoms. The van der Waals surface area contributed by atoms with Crippen LogP contribution in [0.5, 0.6) is 0 Å². The van der Waals surface area contributed by atoms with Gasteiger partial charge in [-0.05, 0) is 24.3 Å².